The van der Waals surface area contributed by atoms with Crippen LogP contribution in [0.4, 0.5) is 0 Å². The second kappa shape index (κ2) is 2.46. The van der Waals surface area contributed by atoms with Gasteiger partial charge in [-0.3, -0.25) is 0 Å². The van der Waals surface area contributed by atoms with Crippen LogP contribution in [0.3, 0.4) is 0 Å². The van der Waals surface area contributed by atoms with E-state index < -0.39 is 0 Å². The van der Waals surface area contributed by atoms with Crippen molar-refractivity contribution in [3.05, 3.63) is 34.4 Å². The molecule has 0 aliphatic rings. The van der Waals surface area contributed by atoms with Gasteiger partial charge in [-0.05, 0) is 12.1 Å². The third-order valence-corrected chi connectivity index (χ3v) is 1.73. The van der Waals surface area contributed by atoms with Crippen molar-refractivity contribution in [1.29, 1.82) is 0 Å². The molecule has 62 valence electrons. The molecule has 2 aromatic heterocycles. The monoisotopic (exact) mass is 164 g/mol. The lowest BCUT2D eigenvalue weighted by Gasteiger charge is -1.97. The molecular formula is C7H8N4O. The lowest BCUT2D eigenvalue weighted by atomic mass is 10.3. The van der Waals surface area contributed by atoms with Gasteiger partial charge in [-0.15, -0.1) is 0 Å². The van der Waals surface area contributed by atoms with E-state index in [4.69, 9.17) is 5.73 Å². The minimum Gasteiger partial charge on any atom is -0.325 e. The Kier molecular flexibility index (Phi) is 1.44. The van der Waals surface area contributed by atoms with Crippen LogP contribution in [0.2, 0.25) is 0 Å². The summed E-state index contributed by atoms with van der Waals surface area (Å²) in [5, 5.41) is 6.15. The quantitative estimate of drug-likeness (QED) is 0.595. The van der Waals surface area contributed by atoms with Crippen LogP contribution < -0.4 is 11.4 Å². The summed E-state index contributed by atoms with van der Waals surface area (Å²) in [6.45, 7) is 0.330. The molecule has 0 fully saturated rings. The number of nitrogens with two attached hydrogens (primary N) is 1. The van der Waals surface area contributed by atoms with Crippen molar-refractivity contribution in [2.75, 3.05) is 0 Å². The zero-order chi connectivity index (χ0) is 8.55. The number of nitrogens with zero attached hydrogens (tertiary/aromatic N) is 2. The molecule has 0 atom stereocenters. The summed E-state index contributed by atoms with van der Waals surface area (Å²) in [5.74, 6) is 0. The molecule has 2 heterocycles. The fourth-order valence-corrected chi connectivity index (χ4v) is 1.18. The first kappa shape index (κ1) is 7.05. The second-order valence-corrected chi connectivity index (χ2v) is 2.44. The first-order valence-corrected chi connectivity index (χ1v) is 3.58. The Bertz CT molecular complexity index is 456. The van der Waals surface area contributed by atoms with Crippen LogP contribution in [0, 0.1) is 0 Å². The number of aromatic amines is 1. The van der Waals surface area contributed by atoms with Crippen LogP contribution in [-0.2, 0) is 6.54 Å². The molecule has 0 aromatic carbocycles. The molecule has 5 nitrogen and oxygen atoms in total. The zero-order valence-electron chi connectivity index (χ0n) is 6.32. The average molecular weight is 164 g/mol. The number of aromatic nitrogens is 3. The number of hydrogen-bond donors (Lipinski definition) is 2. The molecule has 5 heteroatoms. The SMILES string of the molecule is NCc1cccc2n[nH]c(=O)n12. The van der Waals surface area contributed by atoms with Crippen molar-refractivity contribution in [1.82, 2.24) is 14.6 Å². The van der Waals surface area contributed by atoms with E-state index in [9.17, 15) is 4.79 Å². The smallest absolute Gasteiger partial charge is 0.325 e. The van der Waals surface area contributed by atoms with Crippen LogP contribution in [0.15, 0.2) is 23.0 Å². The van der Waals surface area contributed by atoms with E-state index in [0.29, 0.717) is 12.2 Å². The van der Waals surface area contributed by atoms with Crippen LogP contribution in [0.5, 0.6) is 0 Å². The minimum atomic E-state index is -0.244. The van der Waals surface area contributed by atoms with E-state index in [1.165, 1.54) is 4.40 Å². The summed E-state index contributed by atoms with van der Waals surface area (Å²) in [4.78, 5) is 11.1. The molecule has 0 unspecified atom stereocenters. The van der Waals surface area contributed by atoms with Gasteiger partial charge in [0, 0.05) is 12.2 Å². The number of fused-ring (bicyclic) bond motifs is 1. The molecular weight excluding hydrogens is 156 g/mol. The maximum absolute atomic E-state index is 11.1. The predicted octanol–water partition coefficient (Wildman–Crippen LogP) is -0.519. The highest BCUT2D eigenvalue weighted by Gasteiger charge is 2.01. The van der Waals surface area contributed by atoms with Crippen molar-refractivity contribution in [2.45, 2.75) is 6.54 Å². The number of hydrogen-bond acceptors (Lipinski definition) is 3. The van der Waals surface area contributed by atoms with E-state index in [1.54, 1.807) is 12.1 Å². The highest BCUT2D eigenvalue weighted by Crippen LogP contribution is 1.99. The van der Waals surface area contributed by atoms with Gasteiger partial charge in [0.05, 0.1) is 0 Å². The Balaban J connectivity index is 2.93. The average Bonchev–Trinajstić information content (AvgIpc) is 2.48. The number of nitrogens with one attached hydrogen (secondary N) is 1. The van der Waals surface area contributed by atoms with Crippen molar-refractivity contribution < 1.29 is 0 Å². The summed E-state index contributed by atoms with van der Waals surface area (Å²) in [7, 11) is 0. The molecule has 0 radical (unpaired) electrons. The van der Waals surface area contributed by atoms with Gasteiger partial charge in [-0.2, -0.15) is 5.10 Å². The Morgan fingerprint density at radius 2 is 2.42 bits per heavy atom. The summed E-state index contributed by atoms with van der Waals surface area (Å²) >= 11 is 0. The first-order valence-electron chi connectivity index (χ1n) is 3.58. The number of H-pyrrole nitrogens is 1. The molecule has 0 aliphatic heterocycles. The number of rotatable bonds is 1. The maximum Gasteiger partial charge on any atom is 0.347 e. The van der Waals surface area contributed by atoms with E-state index >= 15 is 0 Å². The maximum atomic E-state index is 11.1. The van der Waals surface area contributed by atoms with Crippen molar-refractivity contribution >= 4 is 5.65 Å². The van der Waals surface area contributed by atoms with Crippen LogP contribution in [0.25, 0.3) is 5.65 Å². The van der Waals surface area contributed by atoms with Crippen LogP contribution in [-0.4, -0.2) is 14.6 Å². The third-order valence-electron chi connectivity index (χ3n) is 1.73. The van der Waals surface area contributed by atoms with Crippen molar-refractivity contribution in [3.63, 3.8) is 0 Å². The molecule has 12 heavy (non-hydrogen) atoms. The molecule has 0 saturated heterocycles. The summed E-state index contributed by atoms with van der Waals surface area (Å²) in [6, 6.07) is 5.36. The van der Waals surface area contributed by atoms with Gasteiger partial charge in [-0.25, -0.2) is 14.3 Å². The topological polar surface area (TPSA) is 76.2 Å². The first-order chi connectivity index (χ1) is 5.83. The Morgan fingerprint density at radius 3 is 3.17 bits per heavy atom. The van der Waals surface area contributed by atoms with Gasteiger partial charge in [0.25, 0.3) is 0 Å². The molecule has 2 aromatic rings. The zero-order valence-corrected chi connectivity index (χ0v) is 6.32. The summed E-state index contributed by atoms with van der Waals surface area (Å²) < 4.78 is 1.46. The molecule has 0 aliphatic carbocycles. The van der Waals surface area contributed by atoms with Crippen LogP contribution >= 0.6 is 0 Å². The molecule has 2 rings (SSSR count). The normalized spacial score (nSPS) is 10.8. The summed E-state index contributed by atoms with van der Waals surface area (Å²) in [6.07, 6.45) is 0. The molecule has 3 N–H and O–H groups in total. The molecule has 0 amide bonds. The summed E-state index contributed by atoms with van der Waals surface area (Å²) in [5.41, 5.74) is 6.55. The van der Waals surface area contributed by atoms with Crippen molar-refractivity contribution in [3.8, 4) is 0 Å². The molecule has 0 saturated carbocycles. The van der Waals surface area contributed by atoms with Gasteiger partial charge in [0.2, 0.25) is 0 Å². The van der Waals surface area contributed by atoms with Crippen LogP contribution in [0.1, 0.15) is 5.69 Å². The largest absolute Gasteiger partial charge is 0.347 e. The predicted molar refractivity (Wildman–Crippen MR) is 43.7 cm³/mol. The van der Waals surface area contributed by atoms with Gasteiger partial charge in [0.1, 0.15) is 0 Å². The van der Waals surface area contributed by atoms with Crippen molar-refractivity contribution in [2.24, 2.45) is 5.73 Å². The molecule has 0 bridgehead atoms. The Morgan fingerprint density at radius 1 is 1.58 bits per heavy atom. The minimum absolute atomic E-state index is 0.244. The molecule has 0 spiro atoms. The fraction of sp³-hybridized carbons (Fsp3) is 0.143. The van der Waals surface area contributed by atoms with Gasteiger partial charge < -0.3 is 5.73 Å². The van der Waals surface area contributed by atoms with E-state index in [0.717, 1.165) is 5.69 Å². The fourth-order valence-electron chi connectivity index (χ4n) is 1.18. The Labute approximate surface area is 67.8 Å². The highest BCUT2D eigenvalue weighted by molar-refractivity contribution is 5.37. The highest BCUT2D eigenvalue weighted by atomic mass is 16.1. The van der Waals surface area contributed by atoms with E-state index in [1.807, 2.05) is 6.07 Å². The third kappa shape index (κ3) is 0.835. The lowest BCUT2D eigenvalue weighted by Crippen LogP contribution is -2.15. The standard InChI is InChI=1S/C7H8N4O/c8-4-5-2-1-3-6-9-10-7(12)11(5)6/h1-3H,4,8H2,(H,10,12). The van der Waals surface area contributed by atoms with E-state index in [2.05, 4.69) is 10.2 Å². The Hall–Kier alpha value is -1.62. The lowest BCUT2D eigenvalue weighted by molar-refractivity contribution is 0.909. The van der Waals surface area contributed by atoms with E-state index in [-0.39, 0.29) is 5.69 Å². The van der Waals surface area contributed by atoms with Gasteiger partial charge in [-0.1, -0.05) is 6.07 Å². The van der Waals surface area contributed by atoms with Gasteiger partial charge >= 0.3 is 5.69 Å². The second-order valence-electron chi connectivity index (χ2n) is 2.44. The number of pyridine rings is 1. The van der Waals surface area contributed by atoms with Gasteiger partial charge in [0.15, 0.2) is 5.65 Å².